The summed E-state index contributed by atoms with van der Waals surface area (Å²) in [6.45, 7) is 0.438. The van der Waals surface area contributed by atoms with Gasteiger partial charge in [-0.15, -0.1) is 0 Å². The number of hydrogen-bond donors (Lipinski definition) is 1. The third-order valence-corrected chi connectivity index (χ3v) is 2.35. The highest BCUT2D eigenvalue weighted by Gasteiger charge is 2.08. The summed E-state index contributed by atoms with van der Waals surface area (Å²) in [5.74, 6) is 5.36. The molecule has 4 nitrogen and oxygen atoms in total. The molecule has 0 fully saturated rings. The molecule has 0 aliphatic heterocycles. The first-order chi connectivity index (χ1) is 8.67. The second-order valence-electron chi connectivity index (χ2n) is 3.84. The van der Waals surface area contributed by atoms with E-state index in [9.17, 15) is 4.79 Å². The molecule has 0 spiro atoms. The monoisotopic (exact) mass is 247 g/mol. The molecule has 4 heteroatoms. The van der Waals surface area contributed by atoms with Gasteiger partial charge in [-0.25, -0.2) is 0 Å². The van der Waals surface area contributed by atoms with Gasteiger partial charge >= 0.3 is 0 Å². The third kappa shape index (κ3) is 4.58. The predicted molar refractivity (Wildman–Crippen MR) is 68.8 cm³/mol. The quantitative estimate of drug-likeness (QED) is 0.794. The van der Waals surface area contributed by atoms with Gasteiger partial charge in [0.2, 0.25) is 5.91 Å². The van der Waals surface area contributed by atoms with E-state index in [4.69, 9.17) is 9.84 Å². The zero-order valence-electron chi connectivity index (χ0n) is 10.6. The average molecular weight is 247 g/mol. The van der Waals surface area contributed by atoms with Gasteiger partial charge in [0, 0.05) is 26.3 Å². The maximum atomic E-state index is 11.5. The van der Waals surface area contributed by atoms with Crippen LogP contribution in [0.5, 0.6) is 0 Å². The minimum atomic E-state index is -0.156. The van der Waals surface area contributed by atoms with E-state index >= 15 is 0 Å². The molecule has 96 valence electrons. The highest BCUT2D eigenvalue weighted by Crippen LogP contribution is 2.07. The van der Waals surface area contributed by atoms with Crippen molar-refractivity contribution in [2.45, 2.75) is 6.54 Å². The summed E-state index contributed by atoms with van der Waals surface area (Å²) in [5, 5.41) is 8.63. The van der Waals surface area contributed by atoms with Gasteiger partial charge in [-0.3, -0.25) is 4.79 Å². The van der Waals surface area contributed by atoms with Crippen molar-refractivity contribution < 1.29 is 14.6 Å². The van der Waals surface area contributed by atoms with Crippen molar-refractivity contribution in [1.29, 1.82) is 0 Å². The zero-order valence-corrected chi connectivity index (χ0v) is 10.6. The Morgan fingerprint density at radius 1 is 1.50 bits per heavy atom. The zero-order chi connectivity index (χ0) is 13.4. The molecule has 1 amide bonds. The van der Waals surface area contributed by atoms with Crippen LogP contribution in [0.15, 0.2) is 24.3 Å². The number of hydrogen-bond acceptors (Lipinski definition) is 3. The van der Waals surface area contributed by atoms with Gasteiger partial charge in [0.05, 0.1) is 0 Å². The van der Waals surface area contributed by atoms with E-state index in [1.807, 2.05) is 24.3 Å². The molecule has 0 aliphatic carbocycles. The molecule has 1 aromatic rings. The van der Waals surface area contributed by atoms with Crippen molar-refractivity contribution in [1.82, 2.24) is 4.90 Å². The second kappa shape index (κ2) is 7.49. The Bertz CT molecular complexity index is 460. The first-order valence-corrected chi connectivity index (χ1v) is 5.59. The van der Waals surface area contributed by atoms with Crippen LogP contribution in [0.25, 0.3) is 0 Å². The molecule has 0 saturated heterocycles. The summed E-state index contributed by atoms with van der Waals surface area (Å²) in [5.41, 5.74) is 1.82. The molecule has 1 aromatic carbocycles. The number of ether oxygens (including phenoxy) is 1. The lowest BCUT2D eigenvalue weighted by molar-refractivity contribution is -0.134. The van der Waals surface area contributed by atoms with Gasteiger partial charge in [0.1, 0.15) is 13.2 Å². The predicted octanol–water partition coefficient (Wildman–Crippen LogP) is 0.635. The number of benzene rings is 1. The Morgan fingerprint density at radius 3 is 2.94 bits per heavy atom. The smallest absolute Gasteiger partial charge is 0.248 e. The normalized spacial score (nSPS) is 9.50. The summed E-state index contributed by atoms with van der Waals surface area (Å²) >= 11 is 0. The number of carbonyl (C=O) groups excluding carboxylic acids is 1. The van der Waals surface area contributed by atoms with Crippen LogP contribution >= 0.6 is 0 Å². The maximum Gasteiger partial charge on any atom is 0.248 e. The van der Waals surface area contributed by atoms with E-state index in [2.05, 4.69) is 11.8 Å². The lowest BCUT2D eigenvalue weighted by atomic mass is 10.1. The number of rotatable bonds is 4. The van der Waals surface area contributed by atoms with Crippen LogP contribution in [0.2, 0.25) is 0 Å². The minimum Gasteiger partial charge on any atom is -0.384 e. The standard InChI is InChI=1S/C14H17NO3/c1-15(14(17)11-18-2)10-13-6-3-5-12(9-13)7-4-8-16/h3,5-6,9,16H,8,10-11H2,1-2H3. The Kier molecular flexibility index (Phi) is 5.92. The molecular formula is C14H17NO3. The molecule has 0 aromatic heterocycles. The van der Waals surface area contributed by atoms with E-state index < -0.39 is 0 Å². The largest absolute Gasteiger partial charge is 0.384 e. The van der Waals surface area contributed by atoms with E-state index in [0.29, 0.717) is 6.54 Å². The van der Waals surface area contributed by atoms with E-state index in [-0.39, 0.29) is 19.1 Å². The van der Waals surface area contributed by atoms with Crippen LogP contribution in [0.3, 0.4) is 0 Å². The molecule has 1 N–H and O–H groups in total. The minimum absolute atomic E-state index is 0.0654. The first-order valence-electron chi connectivity index (χ1n) is 5.59. The van der Waals surface area contributed by atoms with Gasteiger partial charge in [-0.05, 0) is 17.7 Å². The van der Waals surface area contributed by atoms with Crippen molar-refractivity contribution >= 4 is 5.91 Å². The van der Waals surface area contributed by atoms with Crippen LogP contribution in [-0.4, -0.2) is 43.3 Å². The van der Waals surface area contributed by atoms with E-state index in [1.165, 1.54) is 7.11 Å². The SMILES string of the molecule is COCC(=O)N(C)Cc1cccc(C#CCO)c1. The Labute approximate surface area is 107 Å². The number of aliphatic hydroxyl groups is 1. The van der Waals surface area contributed by atoms with Gasteiger partial charge in [0.25, 0.3) is 0 Å². The van der Waals surface area contributed by atoms with Crippen molar-refractivity contribution in [3.63, 3.8) is 0 Å². The molecule has 0 unspecified atom stereocenters. The average Bonchev–Trinajstić information content (AvgIpc) is 2.37. The van der Waals surface area contributed by atoms with Crippen molar-refractivity contribution in [3.8, 4) is 11.8 Å². The fourth-order valence-corrected chi connectivity index (χ4v) is 1.48. The van der Waals surface area contributed by atoms with Crippen LogP contribution in [0.1, 0.15) is 11.1 Å². The topological polar surface area (TPSA) is 49.8 Å². The maximum absolute atomic E-state index is 11.5. The van der Waals surface area contributed by atoms with Crippen LogP contribution in [0, 0.1) is 11.8 Å². The number of amides is 1. The van der Waals surface area contributed by atoms with Crippen LogP contribution < -0.4 is 0 Å². The first kappa shape index (κ1) is 14.2. The molecule has 0 radical (unpaired) electrons. The van der Waals surface area contributed by atoms with Gasteiger partial charge in [0.15, 0.2) is 0 Å². The van der Waals surface area contributed by atoms with Crippen molar-refractivity contribution in [3.05, 3.63) is 35.4 Å². The van der Waals surface area contributed by atoms with Crippen LogP contribution in [-0.2, 0) is 16.1 Å². The summed E-state index contributed by atoms with van der Waals surface area (Å²) < 4.78 is 4.80. The molecule has 1 rings (SSSR count). The van der Waals surface area contributed by atoms with Gasteiger partial charge in [-0.1, -0.05) is 24.0 Å². The number of methoxy groups -OCH3 is 1. The Morgan fingerprint density at radius 2 is 2.28 bits per heavy atom. The molecule has 18 heavy (non-hydrogen) atoms. The number of nitrogens with zero attached hydrogens (tertiary/aromatic N) is 1. The van der Waals surface area contributed by atoms with Gasteiger partial charge < -0.3 is 14.7 Å². The second-order valence-corrected chi connectivity index (χ2v) is 3.84. The fourth-order valence-electron chi connectivity index (χ4n) is 1.48. The lowest BCUT2D eigenvalue weighted by Gasteiger charge is -2.16. The van der Waals surface area contributed by atoms with Crippen molar-refractivity contribution in [2.75, 3.05) is 27.4 Å². The molecule has 0 bridgehead atoms. The third-order valence-electron chi connectivity index (χ3n) is 2.35. The summed E-state index contributed by atoms with van der Waals surface area (Å²) in [6, 6.07) is 7.58. The molecule has 0 atom stereocenters. The lowest BCUT2D eigenvalue weighted by Crippen LogP contribution is -2.29. The number of aliphatic hydroxyl groups excluding tert-OH is 1. The molecule has 0 heterocycles. The molecule has 0 aliphatic rings. The summed E-state index contributed by atoms with van der Waals surface area (Å²) in [7, 11) is 3.23. The fraction of sp³-hybridized carbons (Fsp3) is 0.357. The van der Waals surface area contributed by atoms with Crippen LogP contribution in [0.4, 0.5) is 0 Å². The van der Waals surface area contributed by atoms with Crippen molar-refractivity contribution in [2.24, 2.45) is 0 Å². The number of likely N-dealkylation sites (N-methyl/N-ethyl adjacent to an activating group) is 1. The molecular weight excluding hydrogens is 230 g/mol. The molecule has 0 saturated carbocycles. The van der Waals surface area contributed by atoms with E-state index in [1.54, 1.807) is 11.9 Å². The van der Waals surface area contributed by atoms with Gasteiger partial charge in [-0.2, -0.15) is 0 Å². The Hall–Kier alpha value is -1.83. The highest BCUT2D eigenvalue weighted by atomic mass is 16.5. The van der Waals surface area contributed by atoms with E-state index in [0.717, 1.165) is 11.1 Å². The highest BCUT2D eigenvalue weighted by molar-refractivity contribution is 5.77. The Balaban J connectivity index is 2.70. The summed E-state index contributed by atoms with van der Waals surface area (Å²) in [4.78, 5) is 13.1. The summed E-state index contributed by atoms with van der Waals surface area (Å²) in [6.07, 6.45) is 0. The number of carbonyl (C=O) groups is 1.